The van der Waals surface area contributed by atoms with Gasteiger partial charge in [-0.15, -0.1) is 0 Å². The molecule has 1 atom stereocenters. The molecule has 1 aliphatic carbocycles. The summed E-state index contributed by atoms with van der Waals surface area (Å²) in [5.74, 6) is 0.183. The van der Waals surface area contributed by atoms with Crippen molar-refractivity contribution in [2.24, 2.45) is 0 Å². The molecule has 0 saturated heterocycles. The normalized spacial score (nSPS) is 14.4. The monoisotopic (exact) mass is 653 g/mol. The van der Waals surface area contributed by atoms with E-state index >= 15 is 0 Å². The summed E-state index contributed by atoms with van der Waals surface area (Å²) in [5, 5.41) is 10.1. The highest BCUT2D eigenvalue weighted by molar-refractivity contribution is 6.31. The molecule has 0 bridgehead atoms. The molecule has 1 unspecified atom stereocenters. The van der Waals surface area contributed by atoms with Crippen LogP contribution in [0.25, 0.3) is 22.6 Å². The van der Waals surface area contributed by atoms with E-state index in [4.69, 9.17) is 25.5 Å². The Morgan fingerprint density at radius 2 is 1.81 bits per heavy atom. The van der Waals surface area contributed by atoms with Crippen LogP contribution in [-0.2, 0) is 24.2 Å². The van der Waals surface area contributed by atoms with Gasteiger partial charge >= 0.3 is 12.1 Å². The van der Waals surface area contributed by atoms with Crippen LogP contribution in [0.3, 0.4) is 0 Å². The number of hydrogen-bond donors (Lipinski definition) is 1. The standard InChI is InChI=1S/C37H36ClN3O6/c1-37(2,3)47-36(44)41(31-9-6-8-28-27(31)16-17-29(39-28)35(42)43)20-19-24-7-4-5-10-32(24)45-22-23-11-13-25(14-12-23)34-40-30-21-26(38)15-18-33(30)46-34/h4-5,7,10-18,21,31H,6,8-9,19-20,22H2,1-3H3,(H,42,43). The minimum Gasteiger partial charge on any atom is -0.489 e. The number of pyridine rings is 1. The molecule has 0 fully saturated rings. The SMILES string of the molecule is CC(C)(C)OC(=O)N(CCc1ccccc1OCc1ccc(-c2nc3cc(Cl)ccc3o2)cc1)C1CCCc2nc(C(=O)O)ccc21. The minimum atomic E-state index is -1.07. The first-order valence-electron chi connectivity index (χ1n) is 15.6. The summed E-state index contributed by atoms with van der Waals surface area (Å²) in [5.41, 5.74) is 5.07. The summed E-state index contributed by atoms with van der Waals surface area (Å²) in [7, 11) is 0. The highest BCUT2D eigenvalue weighted by Crippen LogP contribution is 2.35. The second-order valence-electron chi connectivity index (χ2n) is 12.6. The summed E-state index contributed by atoms with van der Waals surface area (Å²) >= 11 is 6.09. The van der Waals surface area contributed by atoms with Crippen molar-refractivity contribution in [3.63, 3.8) is 0 Å². The Morgan fingerprint density at radius 1 is 1.02 bits per heavy atom. The van der Waals surface area contributed by atoms with E-state index in [0.717, 1.165) is 40.8 Å². The lowest BCUT2D eigenvalue weighted by atomic mass is 9.89. The summed E-state index contributed by atoms with van der Waals surface area (Å²) < 4.78 is 18.0. The molecule has 2 aromatic heterocycles. The first kappa shape index (κ1) is 32.1. The van der Waals surface area contributed by atoms with Crippen LogP contribution < -0.4 is 4.74 Å². The fourth-order valence-corrected chi connectivity index (χ4v) is 5.96. The van der Waals surface area contributed by atoms with Gasteiger partial charge in [-0.3, -0.25) is 0 Å². The van der Waals surface area contributed by atoms with Crippen molar-refractivity contribution < 1.29 is 28.6 Å². The number of aromatic carboxylic acids is 1. The average Bonchev–Trinajstić information content (AvgIpc) is 3.47. The number of fused-ring (bicyclic) bond motifs is 2. The number of oxazole rings is 1. The predicted octanol–water partition coefficient (Wildman–Crippen LogP) is 8.68. The van der Waals surface area contributed by atoms with Gasteiger partial charge in [-0.05, 0) is 106 Å². The lowest BCUT2D eigenvalue weighted by molar-refractivity contribution is 0.0140. The quantitative estimate of drug-likeness (QED) is 0.168. The molecule has 10 heteroatoms. The minimum absolute atomic E-state index is 0.00508. The van der Waals surface area contributed by atoms with Crippen LogP contribution in [0, 0.1) is 0 Å². The summed E-state index contributed by atoms with van der Waals surface area (Å²) in [6, 6.07) is 24.0. The van der Waals surface area contributed by atoms with Crippen LogP contribution in [0.1, 0.15) is 72.5 Å². The molecule has 6 rings (SSSR count). The zero-order valence-corrected chi connectivity index (χ0v) is 27.3. The van der Waals surface area contributed by atoms with Crippen LogP contribution >= 0.6 is 11.6 Å². The van der Waals surface area contributed by atoms with E-state index in [1.54, 1.807) is 23.1 Å². The Bertz CT molecular complexity index is 1910. The molecule has 0 spiro atoms. The number of amides is 1. The van der Waals surface area contributed by atoms with E-state index in [1.807, 2.05) is 75.4 Å². The molecule has 0 aliphatic heterocycles. The van der Waals surface area contributed by atoms with Gasteiger partial charge in [0.1, 0.15) is 29.2 Å². The first-order chi connectivity index (χ1) is 22.5. The van der Waals surface area contributed by atoms with Crippen LogP contribution in [-0.4, -0.2) is 44.2 Å². The Morgan fingerprint density at radius 3 is 2.57 bits per heavy atom. The lowest BCUT2D eigenvalue weighted by Gasteiger charge is -2.36. The second-order valence-corrected chi connectivity index (χ2v) is 13.0. The Balaban J connectivity index is 1.17. The van der Waals surface area contributed by atoms with Crippen LogP contribution in [0.4, 0.5) is 4.79 Å². The van der Waals surface area contributed by atoms with Crippen molar-refractivity contribution in [3.05, 3.63) is 112 Å². The number of benzene rings is 3. The average molecular weight is 654 g/mol. The zero-order chi connectivity index (χ0) is 33.1. The third-order valence-electron chi connectivity index (χ3n) is 8.02. The van der Waals surface area contributed by atoms with E-state index in [0.29, 0.717) is 53.7 Å². The number of carboxylic acids is 1. The molecule has 1 N–H and O–H groups in total. The van der Waals surface area contributed by atoms with Crippen molar-refractivity contribution in [1.29, 1.82) is 0 Å². The lowest BCUT2D eigenvalue weighted by Crippen LogP contribution is -2.41. The van der Waals surface area contributed by atoms with Crippen LogP contribution in [0.15, 0.2) is 83.3 Å². The van der Waals surface area contributed by atoms with Crippen molar-refractivity contribution in [1.82, 2.24) is 14.9 Å². The number of para-hydroxylation sites is 1. The van der Waals surface area contributed by atoms with Crippen LogP contribution in [0.5, 0.6) is 5.75 Å². The third kappa shape index (κ3) is 7.58. The second kappa shape index (κ2) is 13.5. The predicted molar refractivity (Wildman–Crippen MR) is 179 cm³/mol. The van der Waals surface area contributed by atoms with Gasteiger partial charge in [0.2, 0.25) is 5.89 Å². The molecule has 47 heavy (non-hydrogen) atoms. The number of carboxylic acid groups (broad SMARTS) is 1. The number of halogens is 1. The van der Waals surface area contributed by atoms with Gasteiger partial charge in [0.05, 0.1) is 6.04 Å². The summed E-state index contributed by atoms with van der Waals surface area (Å²) in [6.45, 7) is 6.26. The number of aromatic nitrogens is 2. The highest BCUT2D eigenvalue weighted by atomic mass is 35.5. The first-order valence-corrected chi connectivity index (χ1v) is 16.0. The summed E-state index contributed by atoms with van der Waals surface area (Å²) in [4.78, 5) is 35.8. The van der Waals surface area contributed by atoms with E-state index in [-0.39, 0.29) is 11.7 Å². The number of ether oxygens (including phenoxy) is 2. The topological polar surface area (TPSA) is 115 Å². The number of carbonyl (C=O) groups excluding carboxylic acids is 1. The Labute approximate surface area is 278 Å². The molecular weight excluding hydrogens is 618 g/mol. The van der Waals surface area contributed by atoms with E-state index in [2.05, 4.69) is 9.97 Å². The maximum atomic E-state index is 13.6. The maximum absolute atomic E-state index is 13.6. The molecule has 1 aliphatic rings. The smallest absolute Gasteiger partial charge is 0.410 e. The van der Waals surface area contributed by atoms with Gasteiger partial charge in [0.15, 0.2) is 5.58 Å². The van der Waals surface area contributed by atoms with Crippen molar-refractivity contribution >= 4 is 34.8 Å². The molecule has 1 amide bonds. The van der Waals surface area contributed by atoms with Gasteiger partial charge in [0, 0.05) is 22.8 Å². The number of carbonyl (C=O) groups is 2. The van der Waals surface area contributed by atoms with E-state index < -0.39 is 17.7 Å². The van der Waals surface area contributed by atoms with Gasteiger partial charge in [-0.1, -0.05) is 48.0 Å². The molecule has 5 aromatic rings. The van der Waals surface area contributed by atoms with Gasteiger partial charge in [-0.25, -0.2) is 19.6 Å². The van der Waals surface area contributed by atoms with Crippen molar-refractivity contribution in [3.8, 4) is 17.2 Å². The molecule has 3 aromatic carbocycles. The molecule has 2 heterocycles. The largest absolute Gasteiger partial charge is 0.489 e. The Kier molecular flexibility index (Phi) is 9.18. The number of hydrogen-bond acceptors (Lipinski definition) is 7. The number of aryl methyl sites for hydroxylation is 1. The molecule has 242 valence electrons. The molecular formula is C37H36ClN3O6. The van der Waals surface area contributed by atoms with E-state index in [1.165, 1.54) is 6.07 Å². The van der Waals surface area contributed by atoms with Gasteiger partial charge in [-0.2, -0.15) is 0 Å². The molecule has 0 radical (unpaired) electrons. The zero-order valence-electron chi connectivity index (χ0n) is 26.5. The highest BCUT2D eigenvalue weighted by Gasteiger charge is 2.33. The van der Waals surface area contributed by atoms with Crippen molar-refractivity contribution in [2.45, 2.75) is 64.7 Å². The number of nitrogens with zero attached hydrogens (tertiary/aromatic N) is 3. The fraction of sp³-hybridized carbons (Fsp3) is 0.297. The van der Waals surface area contributed by atoms with E-state index in [9.17, 15) is 14.7 Å². The maximum Gasteiger partial charge on any atom is 0.410 e. The Hall–Kier alpha value is -4.89. The molecule has 0 saturated carbocycles. The summed E-state index contributed by atoms with van der Waals surface area (Å²) in [6.07, 6.45) is 2.29. The fourth-order valence-electron chi connectivity index (χ4n) is 5.79. The van der Waals surface area contributed by atoms with Gasteiger partial charge < -0.3 is 23.9 Å². The third-order valence-corrected chi connectivity index (χ3v) is 8.26. The van der Waals surface area contributed by atoms with Gasteiger partial charge in [0.25, 0.3) is 0 Å². The van der Waals surface area contributed by atoms with Crippen molar-refractivity contribution in [2.75, 3.05) is 6.54 Å². The number of rotatable bonds is 9. The van der Waals surface area contributed by atoms with Crippen LogP contribution in [0.2, 0.25) is 5.02 Å². The molecule has 9 nitrogen and oxygen atoms in total.